The summed E-state index contributed by atoms with van der Waals surface area (Å²) in [6.45, 7) is 1.65. The molecule has 118 valence electrons. The molecule has 1 unspecified atom stereocenters. The second-order valence-electron chi connectivity index (χ2n) is 5.05. The quantitative estimate of drug-likeness (QED) is 0.683. The largest absolute Gasteiger partial charge is 0.449 e. The van der Waals surface area contributed by atoms with Crippen LogP contribution in [0.15, 0.2) is 59.0 Å². The molecular formula is C18H13N3O3. The van der Waals surface area contributed by atoms with Gasteiger partial charge >= 0.3 is 5.97 Å². The van der Waals surface area contributed by atoms with Gasteiger partial charge in [-0.25, -0.2) is 4.79 Å². The summed E-state index contributed by atoms with van der Waals surface area (Å²) in [6.07, 6.45) is -0.701. The van der Waals surface area contributed by atoms with E-state index in [-0.39, 0.29) is 5.89 Å². The molecule has 0 bridgehead atoms. The van der Waals surface area contributed by atoms with E-state index in [2.05, 4.69) is 10.2 Å². The molecule has 0 spiro atoms. The normalized spacial score (nSPS) is 11.5. The van der Waals surface area contributed by atoms with E-state index in [0.29, 0.717) is 17.0 Å². The second kappa shape index (κ2) is 6.75. The van der Waals surface area contributed by atoms with Crippen molar-refractivity contribution in [2.45, 2.75) is 13.0 Å². The summed E-state index contributed by atoms with van der Waals surface area (Å²) in [6, 6.07) is 17.6. The first-order chi connectivity index (χ1) is 11.7. The van der Waals surface area contributed by atoms with Gasteiger partial charge in [0.25, 0.3) is 5.89 Å². The van der Waals surface area contributed by atoms with Crippen LogP contribution in [0.2, 0.25) is 0 Å². The van der Waals surface area contributed by atoms with Crippen LogP contribution < -0.4 is 0 Å². The molecule has 2 aromatic carbocycles. The lowest BCUT2D eigenvalue weighted by Gasteiger charge is -2.09. The topological polar surface area (TPSA) is 89.0 Å². The molecule has 0 radical (unpaired) electrons. The molecule has 0 aliphatic carbocycles. The van der Waals surface area contributed by atoms with Gasteiger partial charge in [0.1, 0.15) is 0 Å². The predicted octanol–water partition coefficient (Wildman–Crippen LogP) is 3.53. The van der Waals surface area contributed by atoms with E-state index in [1.807, 2.05) is 36.4 Å². The van der Waals surface area contributed by atoms with Crippen LogP contribution in [-0.4, -0.2) is 16.2 Å². The molecule has 0 N–H and O–H groups in total. The highest BCUT2D eigenvalue weighted by Crippen LogP contribution is 2.23. The van der Waals surface area contributed by atoms with Gasteiger partial charge in [-0.2, -0.15) is 5.26 Å². The Hall–Kier alpha value is -3.46. The first-order valence-electron chi connectivity index (χ1n) is 7.27. The first-order valence-corrected chi connectivity index (χ1v) is 7.27. The summed E-state index contributed by atoms with van der Waals surface area (Å²) in [7, 11) is 0. The highest BCUT2D eigenvalue weighted by molar-refractivity contribution is 5.89. The monoisotopic (exact) mass is 319 g/mol. The number of carbonyl (C=O) groups excluding carboxylic acids is 1. The van der Waals surface area contributed by atoms with E-state index in [1.54, 1.807) is 25.1 Å². The standard InChI is InChI=1S/C18H13N3O3/c1-12(23-18(22)15-9-5-6-13(10-15)11-19)16-20-21-17(24-16)14-7-3-2-4-8-14/h2-10,12H,1H3. The predicted molar refractivity (Wildman–Crippen MR) is 84.7 cm³/mol. The SMILES string of the molecule is CC(OC(=O)c1cccc(C#N)c1)c1nnc(-c2ccccc2)o1. The summed E-state index contributed by atoms with van der Waals surface area (Å²) in [4.78, 5) is 12.2. The Kier molecular flexibility index (Phi) is 4.34. The summed E-state index contributed by atoms with van der Waals surface area (Å²) >= 11 is 0. The Morgan fingerprint density at radius 1 is 1.17 bits per heavy atom. The van der Waals surface area contributed by atoms with Gasteiger partial charge in [0.15, 0.2) is 6.10 Å². The van der Waals surface area contributed by atoms with E-state index in [0.717, 1.165) is 5.56 Å². The fourth-order valence-corrected chi connectivity index (χ4v) is 2.09. The van der Waals surface area contributed by atoms with Crippen molar-refractivity contribution in [2.24, 2.45) is 0 Å². The van der Waals surface area contributed by atoms with Crippen LogP contribution in [0.5, 0.6) is 0 Å². The zero-order chi connectivity index (χ0) is 16.9. The maximum absolute atomic E-state index is 12.2. The van der Waals surface area contributed by atoms with E-state index < -0.39 is 12.1 Å². The van der Waals surface area contributed by atoms with Crippen molar-refractivity contribution < 1.29 is 13.9 Å². The first kappa shape index (κ1) is 15.4. The molecule has 0 aliphatic heterocycles. The zero-order valence-corrected chi connectivity index (χ0v) is 12.8. The van der Waals surface area contributed by atoms with Gasteiger partial charge in [-0.1, -0.05) is 24.3 Å². The van der Waals surface area contributed by atoms with E-state index in [9.17, 15) is 4.79 Å². The van der Waals surface area contributed by atoms with Crippen molar-refractivity contribution in [3.63, 3.8) is 0 Å². The number of nitriles is 1. The van der Waals surface area contributed by atoms with Gasteiger partial charge in [-0.15, -0.1) is 10.2 Å². The van der Waals surface area contributed by atoms with Gasteiger partial charge in [-0.05, 0) is 37.3 Å². The number of aromatic nitrogens is 2. The van der Waals surface area contributed by atoms with Crippen molar-refractivity contribution in [1.82, 2.24) is 10.2 Å². The molecule has 1 atom stereocenters. The summed E-state index contributed by atoms with van der Waals surface area (Å²) in [5.41, 5.74) is 1.47. The summed E-state index contributed by atoms with van der Waals surface area (Å²) < 4.78 is 10.9. The highest BCUT2D eigenvalue weighted by Gasteiger charge is 2.20. The minimum absolute atomic E-state index is 0.207. The molecule has 6 nitrogen and oxygen atoms in total. The lowest BCUT2D eigenvalue weighted by atomic mass is 10.1. The Bertz CT molecular complexity index is 897. The maximum Gasteiger partial charge on any atom is 0.338 e. The number of hydrogen-bond donors (Lipinski definition) is 0. The van der Waals surface area contributed by atoms with Gasteiger partial charge in [0.2, 0.25) is 5.89 Å². The van der Waals surface area contributed by atoms with E-state index in [1.165, 1.54) is 6.07 Å². The fourth-order valence-electron chi connectivity index (χ4n) is 2.09. The van der Waals surface area contributed by atoms with Crippen LogP contribution in [0.25, 0.3) is 11.5 Å². The summed E-state index contributed by atoms with van der Waals surface area (Å²) in [5.74, 6) is 0.0117. The van der Waals surface area contributed by atoms with Gasteiger partial charge in [0, 0.05) is 5.56 Å². The van der Waals surface area contributed by atoms with Crippen molar-refractivity contribution >= 4 is 5.97 Å². The molecule has 24 heavy (non-hydrogen) atoms. The van der Waals surface area contributed by atoms with E-state index >= 15 is 0 Å². The average Bonchev–Trinajstić information content (AvgIpc) is 3.13. The smallest absolute Gasteiger partial charge is 0.338 e. The Morgan fingerprint density at radius 3 is 2.71 bits per heavy atom. The molecule has 3 aromatic rings. The molecule has 0 amide bonds. The third-order valence-corrected chi connectivity index (χ3v) is 3.32. The lowest BCUT2D eigenvalue weighted by Crippen LogP contribution is -2.09. The van der Waals surface area contributed by atoms with Crippen molar-refractivity contribution in [3.8, 4) is 17.5 Å². The fraction of sp³-hybridized carbons (Fsp3) is 0.111. The molecule has 0 fully saturated rings. The minimum Gasteiger partial charge on any atom is -0.449 e. The van der Waals surface area contributed by atoms with Crippen LogP contribution >= 0.6 is 0 Å². The molecular weight excluding hydrogens is 306 g/mol. The minimum atomic E-state index is -0.701. The molecule has 3 rings (SSSR count). The molecule has 0 saturated heterocycles. The summed E-state index contributed by atoms with van der Waals surface area (Å²) in [5, 5.41) is 16.8. The number of rotatable bonds is 4. The van der Waals surface area contributed by atoms with Crippen molar-refractivity contribution in [2.75, 3.05) is 0 Å². The number of benzene rings is 2. The molecule has 0 saturated carbocycles. The number of esters is 1. The van der Waals surface area contributed by atoms with Crippen LogP contribution in [0, 0.1) is 11.3 Å². The number of hydrogen-bond acceptors (Lipinski definition) is 6. The maximum atomic E-state index is 12.2. The van der Waals surface area contributed by atoms with Gasteiger partial charge in [-0.3, -0.25) is 0 Å². The van der Waals surface area contributed by atoms with Gasteiger partial charge in [0.05, 0.1) is 17.2 Å². The lowest BCUT2D eigenvalue weighted by molar-refractivity contribution is 0.0280. The number of nitrogens with zero attached hydrogens (tertiary/aromatic N) is 3. The third kappa shape index (κ3) is 3.31. The van der Waals surface area contributed by atoms with Crippen LogP contribution in [0.3, 0.4) is 0 Å². The third-order valence-electron chi connectivity index (χ3n) is 3.32. The van der Waals surface area contributed by atoms with Crippen molar-refractivity contribution in [1.29, 1.82) is 5.26 Å². The Morgan fingerprint density at radius 2 is 1.96 bits per heavy atom. The number of ether oxygens (including phenoxy) is 1. The number of carbonyl (C=O) groups is 1. The van der Waals surface area contributed by atoms with Crippen LogP contribution in [0.4, 0.5) is 0 Å². The Labute approximate surface area is 138 Å². The zero-order valence-electron chi connectivity index (χ0n) is 12.8. The van der Waals surface area contributed by atoms with Gasteiger partial charge < -0.3 is 9.15 Å². The molecule has 1 aromatic heterocycles. The average molecular weight is 319 g/mol. The second-order valence-corrected chi connectivity index (χ2v) is 5.05. The van der Waals surface area contributed by atoms with Crippen LogP contribution in [0.1, 0.15) is 34.8 Å². The van der Waals surface area contributed by atoms with Crippen molar-refractivity contribution in [3.05, 3.63) is 71.6 Å². The molecule has 0 aliphatic rings. The molecule has 6 heteroatoms. The molecule has 1 heterocycles. The van der Waals surface area contributed by atoms with Crippen LogP contribution in [-0.2, 0) is 4.74 Å². The highest BCUT2D eigenvalue weighted by atomic mass is 16.6. The van der Waals surface area contributed by atoms with E-state index in [4.69, 9.17) is 14.4 Å². The Balaban J connectivity index is 1.73.